The molecule has 18 heavy (non-hydrogen) atoms. The van der Waals surface area contributed by atoms with Gasteiger partial charge < -0.3 is 9.84 Å². The first-order chi connectivity index (χ1) is 8.60. The van der Waals surface area contributed by atoms with Gasteiger partial charge in [-0.1, -0.05) is 12.1 Å². The van der Waals surface area contributed by atoms with E-state index in [0.717, 1.165) is 11.3 Å². The van der Waals surface area contributed by atoms with Crippen molar-refractivity contribution in [3.05, 3.63) is 47.3 Å². The van der Waals surface area contributed by atoms with Crippen LogP contribution in [0.15, 0.2) is 30.5 Å². The van der Waals surface area contributed by atoms with Gasteiger partial charge in [-0.05, 0) is 24.6 Å². The summed E-state index contributed by atoms with van der Waals surface area (Å²) in [5.74, 6) is -0.181. The molecule has 2 rings (SSSR count). The number of rotatable bonds is 4. The molecule has 0 saturated carbocycles. The molecule has 5 nitrogen and oxygen atoms in total. The lowest BCUT2D eigenvalue weighted by atomic mass is 10.2. The summed E-state index contributed by atoms with van der Waals surface area (Å²) in [5.41, 5.74) is 1.76. The Labute approximate surface area is 105 Å². The summed E-state index contributed by atoms with van der Waals surface area (Å²) in [6.07, 6.45) is 1.54. The number of nitrogens with zero attached hydrogens (tertiary/aromatic N) is 2. The van der Waals surface area contributed by atoms with Crippen LogP contribution in [0, 0.1) is 6.92 Å². The van der Waals surface area contributed by atoms with Crippen LogP contribution < -0.4 is 4.74 Å². The predicted molar refractivity (Wildman–Crippen MR) is 66.0 cm³/mol. The molecule has 0 amide bonds. The molecule has 1 aromatic heterocycles. The fraction of sp³-hybridized carbons (Fsp3) is 0.231. The number of aromatic carboxylic acids is 1. The molecule has 0 atom stereocenters. The summed E-state index contributed by atoms with van der Waals surface area (Å²) in [4.78, 5) is 10.9. The third-order valence-electron chi connectivity index (χ3n) is 2.66. The molecular formula is C13H14N2O3. The Balaban J connectivity index is 2.23. The summed E-state index contributed by atoms with van der Waals surface area (Å²) in [7, 11) is 1.61. The monoisotopic (exact) mass is 246 g/mol. The second-order valence-corrected chi connectivity index (χ2v) is 3.98. The van der Waals surface area contributed by atoms with Crippen molar-refractivity contribution in [1.82, 2.24) is 9.78 Å². The molecule has 5 heteroatoms. The minimum absolute atomic E-state index is 0.234. The Morgan fingerprint density at radius 2 is 2.28 bits per heavy atom. The molecule has 1 N–H and O–H groups in total. The highest BCUT2D eigenvalue weighted by Crippen LogP contribution is 2.14. The SMILES string of the molecule is COc1cccc(Cn2cc(C(=O)O)c(C)n2)c1. The summed E-state index contributed by atoms with van der Waals surface area (Å²) in [5, 5.41) is 13.1. The van der Waals surface area contributed by atoms with E-state index in [4.69, 9.17) is 9.84 Å². The summed E-state index contributed by atoms with van der Waals surface area (Å²) < 4.78 is 6.75. The van der Waals surface area contributed by atoms with Gasteiger partial charge in [-0.2, -0.15) is 5.10 Å². The number of carbonyl (C=O) groups is 1. The lowest BCUT2D eigenvalue weighted by molar-refractivity contribution is 0.0696. The van der Waals surface area contributed by atoms with Gasteiger partial charge in [-0.3, -0.25) is 4.68 Å². The quantitative estimate of drug-likeness (QED) is 0.895. The highest BCUT2D eigenvalue weighted by molar-refractivity contribution is 5.88. The molecule has 1 aromatic carbocycles. The maximum absolute atomic E-state index is 10.9. The largest absolute Gasteiger partial charge is 0.497 e. The van der Waals surface area contributed by atoms with Gasteiger partial charge in [-0.25, -0.2) is 4.79 Å². The van der Waals surface area contributed by atoms with Crippen LogP contribution in [-0.4, -0.2) is 28.0 Å². The molecule has 0 radical (unpaired) electrons. The Morgan fingerprint density at radius 3 is 2.89 bits per heavy atom. The standard InChI is InChI=1S/C13H14N2O3/c1-9-12(13(16)17)8-15(14-9)7-10-4-3-5-11(6-10)18-2/h3-6,8H,7H2,1-2H3,(H,16,17). The molecule has 2 aromatic rings. The van der Waals surface area contributed by atoms with E-state index in [9.17, 15) is 4.79 Å². The van der Waals surface area contributed by atoms with Gasteiger partial charge >= 0.3 is 5.97 Å². The molecule has 94 valence electrons. The molecule has 0 aliphatic carbocycles. The highest BCUT2D eigenvalue weighted by atomic mass is 16.5. The van der Waals surface area contributed by atoms with E-state index in [-0.39, 0.29) is 5.56 Å². The van der Waals surface area contributed by atoms with Crippen LogP contribution in [0.25, 0.3) is 0 Å². The number of hydrogen-bond donors (Lipinski definition) is 1. The van der Waals surface area contributed by atoms with Crippen molar-refractivity contribution in [2.24, 2.45) is 0 Å². The Kier molecular flexibility index (Phi) is 3.32. The van der Waals surface area contributed by atoms with Crippen LogP contribution in [0.3, 0.4) is 0 Å². The predicted octanol–water partition coefficient (Wildman–Crippen LogP) is 1.95. The van der Waals surface area contributed by atoms with Gasteiger partial charge in [0.2, 0.25) is 0 Å². The first-order valence-corrected chi connectivity index (χ1v) is 5.50. The molecule has 0 spiro atoms. The third kappa shape index (κ3) is 2.51. The Bertz CT molecular complexity index is 575. The molecule has 0 unspecified atom stereocenters. The summed E-state index contributed by atoms with van der Waals surface area (Å²) >= 11 is 0. The first-order valence-electron chi connectivity index (χ1n) is 5.50. The number of methoxy groups -OCH3 is 1. The maximum atomic E-state index is 10.9. The van der Waals surface area contributed by atoms with Gasteiger partial charge in [0.15, 0.2) is 0 Å². The lowest BCUT2D eigenvalue weighted by Crippen LogP contribution is -2.00. The number of benzene rings is 1. The maximum Gasteiger partial charge on any atom is 0.339 e. The smallest absolute Gasteiger partial charge is 0.339 e. The fourth-order valence-corrected chi connectivity index (χ4v) is 1.77. The van der Waals surface area contributed by atoms with Crippen molar-refractivity contribution in [2.75, 3.05) is 7.11 Å². The van der Waals surface area contributed by atoms with Crippen molar-refractivity contribution in [3.8, 4) is 5.75 Å². The molecule has 0 fully saturated rings. The van der Waals surface area contributed by atoms with Crippen molar-refractivity contribution in [2.45, 2.75) is 13.5 Å². The van der Waals surface area contributed by atoms with E-state index in [2.05, 4.69) is 5.10 Å². The van der Waals surface area contributed by atoms with Crippen molar-refractivity contribution >= 4 is 5.97 Å². The highest BCUT2D eigenvalue weighted by Gasteiger charge is 2.11. The van der Waals surface area contributed by atoms with Crippen LogP contribution in [0.5, 0.6) is 5.75 Å². The summed E-state index contributed by atoms with van der Waals surface area (Å²) in [6, 6.07) is 7.60. The van der Waals surface area contributed by atoms with Crippen molar-refractivity contribution in [3.63, 3.8) is 0 Å². The average molecular weight is 246 g/mol. The van der Waals surface area contributed by atoms with Gasteiger partial charge in [0.25, 0.3) is 0 Å². The van der Waals surface area contributed by atoms with Crippen LogP contribution in [0.2, 0.25) is 0 Å². The van der Waals surface area contributed by atoms with E-state index in [0.29, 0.717) is 12.2 Å². The average Bonchev–Trinajstić information content (AvgIpc) is 2.70. The minimum Gasteiger partial charge on any atom is -0.497 e. The van der Waals surface area contributed by atoms with Gasteiger partial charge in [0, 0.05) is 6.20 Å². The van der Waals surface area contributed by atoms with Gasteiger partial charge in [0.05, 0.1) is 19.3 Å². The zero-order valence-corrected chi connectivity index (χ0v) is 10.3. The molecule has 1 heterocycles. The first kappa shape index (κ1) is 12.2. The molecule has 0 aliphatic heterocycles. The summed E-state index contributed by atoms with van der Waals surface area (Å²) in [6.45, 7) is 2.21. The van der Waals surface area contributed by atoms with Gasteiger partial charge in [-0.15, -0.1) is 0 Å². The molecule has 0 saturated heterocycles. The minimum atomic E-state index is -0.954. The van der Waals surface area contributed by atoms with E-state index < -0.39 is 5.97 Å². The lowest BCUT2D eigenvalue weighted by Gasteiger charge is -2.04. The second kappa shape index (κ2) is 4.91. The van der Waals surface area contributed by atoms with E-state index in [1.807, 2.05) is 24.3 Å². The fourth-order valence-electron chi connectivity index (χ4n) is 1.77. The number of ether oxygens (including phenoxy) is 1. The van der Waals surface area contributed by atoms with E-state index in [1.54, 1.807) is 18.7 Å². The van der Waals surface area contributed by atoms with E-state index >= 15 is 0 Å². The number of hydrogen-bond acceptors (Lipinski definition) is 3. The normalized spacial score (nSPS) is 10.3. The Hall–Kier alpha value is -2.30. The number of aromatic nitrogens is 2. The van der Waals surface area contributed by atoms with Crippen molar-refractivity contribution < 1.29 is 14.6 Å². The van der Waals surface area contributed by atoms with Crippen LogP contribution in [0.4, 0.5) is 0 Å². The van der Waals surface area contributed by atoms with Crippen molar-refractivity contribution in [1.29, 1.82) is 0 Å². The molecular weight excluding hydrogens is 232 g/mol. The van der Waals surface area contributed by atoms with Crippen LogP contribution in [0.1, 0.15) is 21.6 Å². The third-order valence-corrected chi connectivity index (χ3v) is 2.66. The van der Waals surface area contributed by atoms with Gasteiger partial charge in [0.1, 0.15) is 11.3 Å². The zero-order chi connectivity index (χ0) is 13.1. The molecule has 0 aliphatic rings. The zero-order valence-electron chi connectivity index (χ0n) is 10.3. The number of carboxylic acids is 1. The van der Waals surface area contributed by atoms with Crippen LogP contribution >= 0.6 is 0 Å². The number of carboxylic acid groups (broad SMARTS) is 1. The van der Waals surface area contributed by atoms with Crippen LogP contribution in [-0.2, 0) is 6.54 Å². The van der Waals surface area contributed by atoms with E-state index in [1.165, 1.54) is 6.20 Å². The molecule has 0 bridgehead atoms. The number of aryl methyl sites for hydroxylation is 1. The Morgan fingerprint density at radius 1 is 1.50 bits per heavy atom. The second-order valence-electron chi connectivity index (χ2n) is 3.98. The topological polar surface area (TPSA) is 64.3 Å².